The van der Waals surface area contributed by atoms with Crippen molar-refractivity contribution in [3.05, 3.63) is 53.1 Å². The van der Waals surface area contributed by atoms with E-state index in [4.69, 9.17) is 9.47 Å². The Bertz CT molecular complexity index is 696. The molecule has 2 aromatic carbocycles. The number of benzene rings is 2. The minimum Gasteiger partial charge on any atom is -0.508 e. The molecular weight excluding hydrogens is 278 g/mol. The molecule has 0 bridgehead atoms. The van der Waals surface area contributed by atoms with Crippen LogP contribution in [0, 0.1) is 0 Å². The highest BCUT2D eigenvalue weighted by atomic mass is 16.7. The lowest BCUT2D eigenvalue weighted by atomic mass is 9.88. The van der Waals surface area contributed by atoms with Crippen molar-refractivity contribution in [2.45, 2.75) is 18.9 Å². The first kappa shape index (κ1) is 13.5. The molecule has 2 aliphatic heterocycles. The minimum absolute atomic E-state index is 0.310. The number of nitrogens with zero attached hydrogens (tertiary/aromatic N) is 1. The van der Waals surface area contributed by atoms with Crippen molar-refractivity contribution in [1.29, 1.82) is 0 Å². The third-order valence-electron chi connectivity index (χ3n) is 4.62. The number of aromatic hydroxyl groups is 1. The monoisotopic (exact) mass is 297 g/mol. The number of likely N-dealkylation sites (N-methyl/N-ethyl adjacent to an activating group) is 1. The van der Waals surface area contributed by atoms with Gasteiger partial charge in [-0.15, -0.1) is 0 Å². The molecule has 1 N–H and O–H groups in total. The quantitative estimate of drug-likeness (QED) is 0.925. The summed E-state index contributed by atoms with van der Waals surface area (Å²) in [4.78, 5) is 2.39. The third-order valence-corrected chi connectivity index (χ3v) is 4.62. The average Bonchev–Trinajstić information content (AvgIpc) is 2.97. The summed E-state index contributed by atoms with van der Waals surface area (Å²) in [6, 6.07) is 12.1. The Morgan fingerprint density at radius 1 is 1.14 bits per heavy atom. The molecule has 0 saturated carbocycles. The van der Waals surface area contributed by atoms with E-state index >= 15 is 0 Å². The number of hydrogen-bond donors (Lipinski definition) is 1. The van der Waals surface area contributed by atoms with Crippen molar-refractivity contribution in [3.8, 4) is 17.2 Å². The van der Waals surface area contributed by atoms with Gasteiger partial charge in [-0.1, -0.05) is 12.1 Å². The van der Waals surface area contributed by atoms with Crippen LogP contribution >= 0.6 is 0 Å². The van der Waals surface area contributed by atoms with Gasteiger partial charge in [-0.3, -0.25) is 4.90 Å². The third kappa shape index (κ3) is 2.29. The maximum absolute atomic E-state index is 9.44. The maximum atomic E-state index is 9.44. The maximum Gasteiger partial charge on any atom is 0.231 e. The van der Waals surface area contributed by atoms with Gasteiger partial charge < -0.3 is 14.6 Å². The van der Waals surface area contributed by atoms with E-state index in [1.165, 1.54) is 16.7 Å². The normalized spacial score (nSPS) is 20.0. The van der Waals surface area contributed by atoms with Gasteiger partial charge in [0.2, 0.25) is 6.79 Å². The number of hydrogen-bond acceptors (Lipinski definition) is 4. The largest absolute Gasteiger partial charge is 0.508 e. The van der Waals surface area contributed by atoms with Crippen LogP contribution in [0.15, 0.2) is 36.4 Å². The highest BCUT2D eigenvalue weighted by Gasteiger charge is 2.28. The Kier molecular flexibility index (Phi) is 3.19. The van der Waals surface area contributed by atoms with E-state index in [0.717, 1.165) is 30.9 Å². The Hall–Kier alpha value is -2.20. The Balaban J connectivity index is 1.69. The summed E-state index contributed by atoms with van der Waals surface area (Å²) in [5.74, 6) is 2.03. The number of phenolic OH excluding ortho intramolecular Hbond substituents is 1. The number of phenols is 1. The first-order valence-electron chi connectivity index (χ1n) is 7.61. The zero-order chi connectivity index (χ0) is 15.1. The first-order chi connectivity index (χ1) is 10.7. The van der Waals surface area contributed by atoms with Crippen molar-refractivity contribution >= 4 is 0 Å². The average molecular weight is 297 g/mol. The van der Waals surface area contributed by atoms with Crippen LogP contribution in [0.5, 0.6) is 17.2 Å². The lowest BCUT2D eigenvalue weighted by molar-refractivity contribution is 0.174. The van der Waals surface area contributed by atoms with E-state index in [-0.39, 0.29) is 0 Å². The highest BCUT2D eigenvalue weighted by Crippen LogP contribution is 2.41. The molecule has 22 heavy (non-hydrogen) atoms. The molecule has 0 aliphatic carbocycles. The molecular formula is C18H19NO3. The first-order valence-corrected chi connectivity index (χ1v) is 7.61. The lowest BCUT2D eigenvalue weighted by Crippen LogP contribution is -2.33. The Morgan fingerprint density at radius 3 is 2.64 bits per heavy atom. The summed E-state index contributed by atoms with van der Waals surface area (Å²) >= 11 is 0. The predicted octanol–water partition coefficient (Wildman–Crippen LogP) is 2.89. The molecule has 4 heteroatoms. The summed E-state index contributed by atoms with van der Waals surface area (Å²) in [5, 5.41) is 9.44. The van der Waals surface area contributed by atoms with Crippen molar-refractivity contribution in [2.75, 3.05) is 20.4 Å². The molecule has 2 heterocycles. The van der Waals surface area contributed by atoms with Crippen molar-refractivity contribution < 1.29 is 14.6 Å². The lowest BCUT2D eigenvalue weighted by Gasteiger charge is -2.35. The zero-order valence-electron chi connectivity index (χ0n) is 12.6. The smallest absolute Gasteiger partial charge is 0.231 e. The van der Waals surface area contributed by atoms with Gasteiger partial charge in [-0.05, 0) is 60.8 Å². The van der Waals surface area contributed by atoms with Gasteiger partial charge in [0.1, 0.15) is 5.75 Å². The van der Waals surface area contributed by atoms with Gasteiger partial charge >= 0.3 is 0 Å². The van der Waals surface area contributed by atoms with Gasteiger partial charge in [-0.25, -0.2) is 0 Å². The molecule has 0 aromatic heterocycles. The molecule has 2 aliphatic rings. The van der Waals surface area contributed by atoms with Crippen LogP contribution in [0.1, 0.15) is 22.7 Å². The number of rotatable bonds is 2. The van der Waals surface area contributed by atoms with Gasteiger partial charge in [0, 0.05) is 12.6 Å². The summed E-state index contributed by atoms with van der Waals surface area (Å²) in [5.41, 5.74) is 3.90. The van der Waals surface area contributed by atoms with E-state index in [9.17, 15) is 5.11 Å². The fraction of sp³-hybridized carbons (Fsp3) is 0.333. The zero-order valence-corrected chi connectivity index (χ0v) is 12.6. The van der Waals surface area contributed by atoms with Crippen LogP contribution in [0.2, 0.25) is 0 Å². The molecule has 2 aromatic rings. The van der Waals surface area contributed by atoms with Gasteiger partial charge in [0.15, 0.2) is 11.5 Å². The summed E-state index contributed by atoms with van der Waals surface area (Å²) in [7, 11) is 2.17. The van der Waals surface area contributed by atoms with Crippen LogP contribution in [0.25, 0.3) is 0 Å². The standard InChI is InChI=1S/C18H19NO3/c1-19-7-6-13-9-17-18(22-11-21-17)10-15(13)16(19)8-12-2-4-14(20)5-3-12/h2-5,9-10,16,20H,6-8,11H2,1H3/t16-/m0/s1. The molecule has 4 nitrogen and oxygen atoms in total. The van der Waals surface area contributed by atoms with E-state index in [1.54, 1.807) is 12.1 Å². The second-order valence-corrected chi connectivity index (χ2v) is 6.02. The van der Waals surface area contributed by atoms with E-state index in [2.05, 4.69) is 24.1 Å². The van der Waals surface area contributed by atoms with E-state index in [0.29, 0.717) is 18.6 Å². The fourth-order valence-corrected chi connectivity index (χ4v) is 3.34. The fourth-order valence-electron chi connectivity index (χ4n) is 3.34. The van der Waals surface area contributed by atoms with Gasteiger partial charge in [0.25, 0.3) is 0 Å². The summed E-state index contributed by atoms with van der Waals surface area (Å²) in [6.07, 6.45) is 1.96. The van der Waals surface area contributed by atoms with Crippen LogP contribution in [0.3, 0.4) is 0 Å². The molecule has 0 radical (unpaired) electrons. The molecule has 4 rings (SSSR count). The SMILES string of the molecule is CN1CCc2cc3c(cc2[C@@H]1Cc1ccc(O)cc1)OCO3. The molecule has 1 atom stereocenters. The van der Waals surface area contributed by atoms with Crippen LogP contribution in [-0.4, -0.2) is 30.4 Å². The molecule has 114 valence electrons. The second kappa shape index (κ2) is 5.21. The molecule has 0 fully saturated rings. The minimum atomic E-state index is 0.310. The number of ether oxygens (including phenoxy) is 2. The van der Waals surface area contributed by atoms with Crippen molar-refractivity contribution in [2.24, 2.45) is 0 Å². The second-order valence-electron chi connectivity index (χ2n) is 6.02. The van der Waals surface area contributed by atoms with Gasteiger partial charge in [-0.2, -0.15) is 0 Å². The van der Waals surface area contributed by atoms with Crippen LogP contribution in [-0.2, 0) is 12.8 Å². The highest BCUT2D eigenvalue weighted by molar-refractivity contribution is 5.51. The molecule has 0 unspecified atom stereocenters. The van der Waals surface area contributed by atoms with Crippen LogP contribution < -0.4 is 9.47 Å². The topological polar surface area (TPSA) is 41.9 Å². The Morgan fingerprint density at radius 2 is 1.86 bits per heavy atom. The number of fused-ring (bicyclic) bond motifs is 2. The Labute approximate surface area is 129 Å². The summed E-state index contributed by atoms with van der Waals surface area (Å²) < 4.78 is 11.0. The van der Waals surface area contributed by atoms with Gasteiger partial charge in [0.05, 0.1) is 0 Å². The van der Waals surface area contributed by atoms with Crippen LogP contribution in [0.4, 0.5) is 0 Å². The molecule has 0 saturated heterocycles. The van der Waals surface area contributed by atoms with Crippen molar-refractivity contribution in [1.82, 2.24) is 4.90 Å². The predicted molar refractivity (Wildman–Crippen MR) is 83.5 cm³/mol. The summed E-state index contributed by atoms with van der Waals surface area (Å²) in [6.45, 7) is 1.35. The molecule has 0 amide bonds. The molecule has 0 spiro atoms. The van der Waals surface area contributed by atoms with E-state index < -0.39 is 0 Å². The van der Waals surface area contributed by atoms with E-state index in [1.807, 2.05) is 12.1 Å². The van der Waals surface area contributed by atoms with Crippen molar-refractivity contribution in [3.63, 3.8) is 0 Å².